The van der Waals surface area contributed by atoms with E-state index in [1.807, 2.05) is 31.2 Å². The Labute approximate surface area is 166 Å². The van der Waals surface area contributed by atoms with Crippen LogP contribution in [0.5, 0.6) is 0 Å². The topological polar surface area (TPSA) is 87.7 Å². The van der Waals surface area contributed by atoms with Gasteiger partial charge in [0.25, 0.3) is 5.91 Å². The Kier molecular flexibility index (Phi) is 7.43. The minimum Gasteiger partial charge on any atom is -0.444 e. The lowest BCUT2D eigenvalue weighted by molar-refractivity contribution is -0.131. The van der Waals surface area contributed by atoms with Crippen LogP contribution < -0.4 is 10.6 Å². The number of amides is 3. The molecule has 0 radical (unpaired) electrons. The molecule has 3 amide bonds. The molecule has 1 aromatic rings. The first-order valence-electron chi connectivity index (χ1n) is 9.74. The van der Waals surface area contributed by atoms with E-state index in [0.717, 1.165) is 18.4 Å². The summed E-state index contributed by atoms with van der Waals surface area (Å²) in [4.78, 5) is 37.9. The van der Waals surface area contributed by atoms with Gasteiger partial charge in [-0.1, -0.05) is 18.2 Å². The highest BCUT2D eigenvalue weighted by atomic mass is 16.6. The molecule has 0 bridgehead atoms. The molecule has 0 aromatic heterocycles. The molecule has 154 valence electrons. The van der Waals surface area contributed by atoms with Crippen LogP contribution >= 0.6 is 0 Å². The highest BCUT2D eigenvalue weighted by molar-refractivity contribution is 5.95. The standard InChI is InChI=1S/C21H31N3O4/c1-15-7-5-6-8-17(15)19(26)22-13-16-9-11-24(12-10-16)18(25)14-23-20(27)28-21(2,3)4/h5-8,16H,9-14H2,1-4H3,(H,22,26)(H,23,27). The summed E-state index contributed by atoms with van der Waals surface area (Å²) in [5.41, 5.74) is 1.06. The first kappa shape index (κ1) is 21.7. The third kappa shape index (κ3) is 6.87. The van der Waals surface area contributed by atoms with Crippen LogP contribution in [0.2, 0.25) is 0 Å². The summed E-state index contributed by atoms with van der Waals surface area (Å²) in [6, 6.07) is 7.52. The van der Waals surface area contributed by atoms with Crippen molar-refractivity contribution in [3.63, 3.8) is 0 Å². The van der Waals surface area contributed by atoms with Gasteiger partial charge >= 0.3 is 6.09 Å². The second-order valence-corrected chi connectivity index (χ2v) is 8.20. The van der Waals surface area contributed by atoms with Crippen LogP contribution in [0.1, 0.15) is 49.5 Å². The Balaban J connectivity index is 1.69. The van der Waals surface area contributed by atoms with E-state index in [-0.39, 0.29) is 18.4 Å². The summed E-state index contributed by atoms with van der Waals surface area (Å²) < 4.78 is 5.13. The molecule has 0 aliphatic carbocycles. The largest absolute Gasteiger partial charge is 0.444 e. The predicted molar refractivity (Wildman–Crippen MR) is 107 cm³/mol. The number of likely N-dealkylation sites (tertiary alicyclic amines) is 1. The fraction of sp³-hybridized carbons (Fsp3) is 0.571. The summed E-state index contributed by atoms with van der Waals surface area (Å²) in [7, 11) is 0. The fourth-order valence-corrected chi connectivity index (χ4v) is 3.12. The second kappa shape index (κ2) is 9.57. The summed E-state index contributed by atoms with van der Waals surface area (Å²) in [6.07, 6.45) is 1.06. The molecular weight excluding hydrogens is 358 g/mol. The van der Waals surface area contributed by atoms with Crippen molar-refractivity contribution in [1.82, 2.24) is 15.5 Å². The average molecular weight is 389 g/mol. The third-order valence-electron chi connectivity index (χ3n) is 4.69. The van der Waals surface area contributed by atoms with Gasteiger partial charge in [0, 0.05) is 25.2 Å². The van der Waals surface area contributed by atoms with E-state index in [1.54, 1.807) is 25.7 Å². The molecule has 1 aliphatic rings. The van der Waals surface area contributed by atoms with Gasteiger partial charge < -0.3 is 20.3 Å². The zero-order chi connectivity index (χ0) is 20.7. The minimum absolute atomic E-state index is 0.0573. The number of aryl methyl sites for hydroxylation is 1. The van der Waals surface area contributed by atoms with Gasteiger partial charge in [0.1, 0.15) is 12.1 Å². The Bertz CT molecular complexity index is 704. The van der Waals surface area contributed by atoms with E-state index in [0.29, 0.717) is 31.1 Å². The van der Waals surface area contributed by atoms with Crippen LogP contribution in [0.25, 0.3) is 0 Å². The number of nitrogens with zero attached hydrogens (tertiary/aromatic N) is 1. The molecular formula is C21H31N3O4. The van der Waals surface area contributed by atoms with Crippen molar-refractivity contribution in [2.45, 2.75) is 46.1 Å². The number of alkyl carbamates (subject to hydrolysis) is 1. The van der Waals surface area contributed by atoms with E-state index >= 15 is 0 Å². The van der Waals surface area contributed by atoms with E-state index in [1.165, 1.54) is 0 Å². The zero-order valence-corrected chi connectivity index (χ0v) is 17.2. The maximum atomic E-state index is 12.3. The molecule has 1 fully saturated rings. The third-order valence-corrected chi connectivity index (χ3v) is 4.69. The van der Waals surface area contributed by atoms with E-state index in [4.69, 9.17) is 4.74 Å². The summed E-state index contributed by atoms with van der Waals surface area (Å²) in [5.74, 6) is 0.169. The van der Waals surface area contributed by atoms with Crippen molar-refractivity contribution in [2.24, 2.45) is 5.92 Å². The van der Waals surface area contributed by atoms with Gasteiger partial charge in [0.05, 0.1) is 0 Å². The quantitative estimate of drug-likeness (QED) is 0.810. The van der Waals surface area contributed by atoms with Crippen molar-refractivity contribution in [2.75, 3.05) is 26.2 Å². The van der Waals surface area contributed by atoms with Crippen molar-refractivity contribution < 1.29 is 19.1 Å². The lowest BCUT2D eigenvalue weighted by atomic mass is 9.96. The number of piperidine rings is 1. The van der Waals surface area contributed by atoms with E-state index < -0.39 is 11.7 Å². The molecule has 1 heterocycles. The Morgan fingerprint density at radius 2 is 1.75 bits per heavy atom. The zero-order valence-electron chi connectivity index (χ0n) is 17.2. The van der Waals surface area contributed by atoms with E-state index in [2.05, 4.69) is 10.6 Å². The monoisotopic (exact) mass is 389 g/mol. The number of carbonyl (C=O) groups excluding carboxylic acids is 3. The van der Waals surface area contributed by atoms with Crippen LogP contribution in [-0.2, 0) is 9.53 Å². The van der Waals surface area contributed by atoms with Crippen molar-refractivity contribution in [1.29, 1.82) is 0 Å². The molecule has 7 nitrogen and oxygen atoms in total. The number of hydrogen-bond acceptors (Lipinski definition) is 4. The van der Waals surface area contributed by atoms with Gasteiger partial charge in [-0.3, -0.25) is 9.59 Å². The van der Waals surface area contributed by atoms with Gasteiger partial charge in [-0.2, -0.15) is 0 Å². The van der Waals surface area contributed by atoms with Crippen LogP contribution in [0.3, 0.4) is 0 Å². The van der Waals surface area contributed by atoms with Crippen LogP contribution in [-0.4, -0.2) is 54.6 Å². The number of hydrogen-bond donors (Lipinski definition) is 2. The molecule has 1 aromatic carbocycles. The van der Waals surface area contributed by atoms with Crippen LogP contribution in [0.15, 0.2) is 24.3 Å². The summed E-state index contributed by atoms with van der Waals surface area (Å²) in [6.45, 7) is 9.03. The van der Waals surface area contributed by atoms with Crippen molar-refractivity contribution in [3.8, 4) is 0 Å². The van der Waals surface area contributed by atoms with Crippen molar-refractivity contribution in [3.05, 3.63) is 35.4 Å². The average Bonchev–Trinajstić information content (AvgIpc) is 2.63. The SMILES string of the molecule is Cc1ccccc1C(=O)NCC1CCN(C(=O)CNC(=O)OC(C)(C)C)CC1. The first-order chi connectivity index (χ1) is 13.2. The molecule has 0 spiro atoms. The molecule has 1 saturated heterocycles. The molecule has 0 atom stereocenters. The molecule has 0 unspecified atom stereocenters. The highest BCUT2D eigenvalue weighted by Gasteiger charge is 2.24. The maximum Gasteiger partial charge on any atom is 0.408 e. The number of benzene rings is 1. The van der Waals surface area contributed by atoms with Crippen molar-refractivity contribution >= 4 is 17.9 Å². The van der Waals surface area contributed by atoms with E-state index in [9.17, 15) is 14.4 Å². The maximum absolute atomic E-state index is 12.3. The Hall–Kier alpha value is -2.57. The summed E-state index contributed by atoms with van der Waals surface area (Å²) >= 11 is 0. The second-order valence-electron chi connectivity index (χ2n) is 8.20. The number of nitrogens with one attached hydrogen (secondary N) is 2. The molecule has 7 heteroatoms. The van der Waals surface area contributed by atoms with Gasteiger partial charge in [-0.05, 0) is 58.1 Å². The molecule has 28 heavy (non-hydrogen) atoms. The fourth-order valence-electron chi connectivity index (χ4n) is 3.12. The Morgan fingerprint density at radius 1 is 1.11 bits per heavy atom. The summed E-state index contributed by atoms with van der Waals surface area (Å²) in [5, 5.41) is 5.50. The van der Waals surface area contributed by atoms with Gasteiger partial charge in [-0.15, -0.1) is 0 Å². The normalized spacial score (nSPS) is 15.1. The Morgan fingerprint density at radius 3 is 2.36 bits per heavy atom. The smallest absolute Gasteiger partial charge is 0.408 e. The van der Waals surface area contributed by atoms with Crippen LogP contribution in [0, 0.1) is 12.8 Å². The number of rotatable bonds is 5. The predicted octanol–water partition coefficient (Wildman–Crippen LogP) is 2.49. The molecule has 0 saturated carbocycles. The number of carbonyl (C=O) groups is 3. The number of ether oxygens (including phenoxy) is 1. The lowest BCUT2D eigenvalue weighted by Crippen LogP contribution is -2.46. The molecule has 1 aliphatic heterocycles. The first-order valence-corrected chi connectivity index (χ1v) is 9.74. The van der Waals surface area contributed by atoms with Crippen LogP contribution in [0.4, 0.5) is 4.79 Å². The minimum atomic E-state index is -0.589. The van der Waals surface area contributed by atoms with Gasteiger partial charge in [0.15, 0.2) is 0 Å². The highest BCUT2D eigenvalue weighted by Crippen LogP contribution is 2.17. The molecule has 2 N–H and O–H groups in total. The molecule has 2 rings (SSSR count). The van der Waals surface area contributed by atoms with Gasteiger partial charge in [-0.25, -0.2) is 4.79 Å². The lowest BCUT2D eigenvalue weighted by Gasteiger charge is -2.32. The van der Waals surface area contributed by atoms with Gasteiger partial charge in [0.2, 0.25) is 5.91 Å².